The second kappa shape index (κ2) is 6.40. The van der Waals surface area contributed by atoms with Gasteiger partial charge in [0.05, 0.1) is 18.3 Å². The number of rotatable bonds is 5. The van der Waals surface area contributed by atoms with Gasteiger partial charge in [-0.25, -0.2) is 4.79 Å². The summed E-state index contributed by atoms with van der Waals surface area (Å²) in [5.74, 6) is 0.446. The van der Waals surface area contributed by atoms with Crippen LogP contribution in [0.1, 0.15) is 30.1 Å². The Morgan fingerprint density at radius 1 is 1.39 bits per heavy atom. The molecule has 4 nitrogen and oxygen atoms in total. The lowest BCUT2D eigenvalue weighted by Gasteiger charge is -2.10. The number of hydrogen-bond acceptors (Lipinski definition) is 4. The molecule has 1 aromatic rings. The van der Waals surface area contributed by atoms with E-state index in [1.807, 2.05) is 6.92 Å². The first-order valence-corrected chi connectivity index (χ1v) is 6.31. The molecule has 18 heavy (non-hydrogen) atoms. The van der Waals surface area contributed by atoms with Crippen LogP contribution in [0.25, 0.3) is 0 Å². The van der Waals surface area contributed by atoms with Gasteiger partial charge in [0.1, 0.15) is 12.4 Å². The minimum absolute atomic E-state index is 0.0663. The van der Waals surface area contributed by atoms with Crippen LogP contribution in [0.5, 0.6) is 5.75 Å². The predicted octanol–water partition coefficient (Wildman–Crippen LogP) is 2.42. The van der Waals surface area contributed by atoms with Gasteiger partial charge in [-0.05, 0) is 44.0 Å². The lowest BCUT2D eigenvalue weighted by atomic mass is 10.2. The highest BCUT2D eigenvalue weighted by Crippen LogP contribution is 2.15. The molecule has 1 aromatic carbocycles. The highest BCUT2D eigenvalue weighted by Gasteiger charge is 2.18. The molecule has 1 heterocycles. The maximum Gasteiger partial charge on any atom is 0.338 e. The van der Waals surface area contributed by atoms with Gasteiger partial charge in [0, 0.05) is 6.61 Å². The van der Waals surface area contributed by atoms with E-state index in [0.29, 0.717) is 18.8 Å². The van der Waals surface area contributed by atoms with E-state index < -0.39 is 0 Å². The van der Waals surface area contributed by atoms with Gasteiger partial charge in [-0.3, -0.25) is 0 Å². The fourth-order valence-electron chi connectivity index (χ4n) is 1.88. The van der Waals surface area contributed by atoms with E-state index in [4.69, 9.17) is 14.2 Å². The zero-order chi connectivity index (χ0) is 12.8. The summed E-state index contributed by atoms with van der Waals surface area (Å²) in [6, 6.07) is 6.96. The molecule has 1 aliphatic heterocycles. The Balaban J connectivity index is 1.83. The quantitative estimate of drug-likeness (QED) is 0.753. The second-order valence-corrected chi connectivity index (χ2v) is 4.19. The summed E-state index contributed by atoms with van der Waals surface area (Å²) in [4.78, 5) is 11.8. The molecule has 0 spiro atoms. The third-order valence-corrected chi connectivity index (χ3v) is 2.83. The van der Waals surface area contributed by atoms with E-state index in [9.17, 15) is 4.79 Å². The molecule has 1 aliphatic rings. The lowest BCUT2D eigenvalue weighted by Crippen LogP contribution is -2.17. The Morgan fingerprint density at radius 3 is 2.78 bits per heavy atom. The van der Waals surface area contributed by atoms with Crippen molar-refractivity contribution in [2.75, 3.05) is 19.8 Å². The molecule has 1 fully saturated rings. The maximum atomic E-state index is 11.8. The SMILES string of the molecule is CCOc1ccc(C(=O)OC[C@H]2CCCO2)cc1. The molecule has 0 N–H and O–H groups in total. The molecule has 2 rings (SSSR count). The van der Waals surface area contributed by atoms with E-state index in [0.717, 1.165) is 25.2 Å². The molecule has 0 saturated carbocycles. The summed E-state index contributed by atoms with van der Waals surface area (Å²) >= 11 is 0. The van der Waals surface area contributed by atoms with Crippen molar-refractivity contribution in [3.05, 3.63) is 29.8 Å². The third kappa shape index (κ3) is 3.47. The van der Waals surface area contributed by atoms with Crippen LogP contribution in [0.4, 0.5) is 0 Å². The van der Waals surface area contributed by atoms with Gasteiger partial charge in [-0.15, -0.1) is 0 Å². The normalized spacial score (nSPS) is 18.6. The number of benzene rings is 1. The smallest absolute Gasteiger partial charge is 0.338 e. The Bertz CT molecular complexity index is 379. The van der Waals surface area contributed by atoms with Crippen LogP contribution in [0.3, 0.4) is 0 Å². The first-order chi connectivity index (χ1) is 8.79. The lowest BCUT2D eigenvalue weighted by molar-refractivity contribution is 0.0161. The number of esters is 1. The van der Waals surface area contributed by atoms with E-state index in [-0.39, 0.29) is 12.1 Å². The average Bonchev–Trinajstić information content (AvgIpc) is 2.90. The summed E-state index contributed by atoms with van der Waals surface area (Å²) in [5, 5.41) is 0. The van der Waals surface area contributed by atoms with Crippen molar-refractivity contribution in [3.63, 3.8) is 0 Å². The fourth-order valence-corrected chi connectivity index (χ4v) is 1.88. The van der Waals surface area contributed by atoms with E-state index in [2.05, 4.69) is 0 Å². The molecule has 0 radical (unpaired) electrons. The van der Waals surface area contributed by atoms with Crippen LogP contribution < -0.4 is 4.74 Å². The molecular weight excluding hydrogens is 232 g/mol. The molecule has 1 atom stereocenters. The van der Waals surface area contributed by atoms with Gasteiger partial charge >= 0.3 is 5.97 Å². The first kappa shape index (κ1) is 12.9. The van der Waals surface area contributed by atoms with E-state index in [1.54, 1.807) is 24.3 Å². The van der Waals surface area contributed by atoms with Crippen molar-refractivity contribution in [2.24, 2.45) is 0 Å². The Morgan fingerprint density at radius 2 is 2.17 bits per heavy atom. The molecule has 1 saturated heterocycles. The van der Waals surface area contributed by atoms with Crippen LogP contribution in [0.2, 0.25) is 0 Å². The summed E-state index contributed by atoms with van der Waals surface area (Å²) in [6.07, 6.45) is 2.08. The molecule has 0 bridgehead atoms. The summed E-state index contributed by atoms with van der Waals surface area (Å²) in [7, 11) is 0. The molecule has 0 aromatic heterocycles. The highest BCUT2D eigenvalue weighted by molar-refractivity contribution is 5.89. The second-order valence-electron chi connectivity index (χ2n) is 4.19. The van der Waals surface area contributed by atoms with E-state index >= 15 is 0 Å². The Hall–Kier alpha value is -1.55. The predicted molar refractivity (Wildman–Crippen MR) is 66.9 cm³/mol. The van der Waals surface area contributed by atoms with Crippen molar-refractivity contribution in [2.45, 2.75) is 25.9 Å². The average molecular weight is 250 g/mol. The number of carbonyl (C=O) groups is 1. The molecule has 0 aliphatic carbocycles. The van der Waals surface area contributed by atoms with Crippen molar-refractivity contribution >= 4 is 5.97 Å². The van der Waals surface area contributed by atoms with Gasteiger partial charge in [0.2, 0.25) is 0 Å². The third-order valence-electron chi connectivity index (χ3n) is 2.83. The topological polar surface area (TPSA) is 44.8 Å². The summed E-state index contributed by atoms with van der Waals surface area (Å²) in [6.45, 7) is 3.64. The van der Waals surface area contributed by atoms with Crippen molar-refractivity contribution in [1.82, 2.24) is 0 Å². The van der Waals surface area contributed by atoms with Crippen molar-refractivity contribution in [3.8, 4) is 5.75 Å². The molecule has 4 heteroatoms. The monoisotopic (exact) mass is 250 g/mol. The highest BCUT2D eigenvalue weighted by atomic mass is 16.6. The van der Waals surface area contributed by atoms with E-state index in [1.165, 1.54) is 0 Å². The zero-order valence-electron chi connectivity index (χ0n) is 10.6. The van der Waals surface area contributed by atoms with Crippen LogP contribution in [0, 0.1) is 0 Å². The Kier molecular flexibility index (Phi) is 4.59. The van der Waals surface area contributed by atoms with Crippen molar-refractivity contribution in [1.29, 1.82) is 0 Å². The molecule has 0 unspecified atom stereocenters. The Labute approximate surface area is 107 Å². The number of hydrogen-bond donors (Lipinski definition) is 0. The molecule has 98 valence electrons. The van der Waals surface area contributed by atoms with Gasteiger partial charge in [-0.2, -0.15) is 0 Å². The summed E-state index contributed by atoms with van der Waals surface area (Å²) in [5.41, 5.74) is 0.538. The van der Waals surface area contributed by atoms with Gasteiger partial charge in [0.25, 0.3) is 0 Å². The fraction of sp³-hybridized carbons (Fsp3) is 0.500. The standard InChI is InChI=1S/C14H18O4/c1-2-16-12-7-5-11(6-8-12)14(15)18-10-13-4-3-9-17-13/h5-8,13H,2-4,9-10H2,1H3/t13-/m1/s1. The largest absolute Gasteiger partial charge is 0.494 e. The zero-order valence-corrected chi connectivity index (χ0v) is 10.6. The minimum Gasteiger partial charge on any atom is -0.494 e. The number of ether oxygens (including phenoxy) is 3. The van der Waals surface area contributed by atoms with Crippen LogP contribution in [0.15, 0.2) is 24.3 Å². The maximum absolute atomic E-state index is 11.8. The van der Waals surface area contributed by atoms with Gasteiger partial charge in [0.15, 0.2) is 0 Å². The van der Waals surface area contributed by atoms with Crippen LogP contribution in [-0.4, -0.2) is 31.9 Å². The minimum atomic E-state index is -0.312. The van der Waals surface area contributed by atoms with Crippen molar-refractivity contribution < 1.29 is 19.0 Å². The van der Waals surface area contributed by atoms with Crippen LogP contribution >= 0.6 is 0 Å². The van der Waals surface area contributed by atoms with Gasteiger partial charge in [-0.1, -0.05) is 0 Å². The summed E-state index contributed by atoms with van der Waals surface area (Å²) < 4.78 is 15.9. The first-order valence-electron chi connectivity index (χ1n) is 6.31. The molecule has 0 amide bonds. The van der Waals surface area contributed by atoms with Crippen LogP contribution in [-0.2, 0) is 9.47 Å². The number of carbonyl (C=O) groups excluding carboxylic acids is 1. The van der Waals surface area contributed by atoms with Gasteiger partial charge < -0.3 is 14.2 Å². The molecular formula is C14H18O4.